The Morgan fingerprint density at radius 1 is 0.966 bits per heavy atom. The quantitative estimate of drug-likeness (QED) is 0.567. The third-order valence-electron chi connectivity index (χ3n) is 4.75. The molecule has 1 amide bonds. The van der Waals surface area contributed by atoms with Gasteiger partial charge in [-0.1, -0.05) is 48.0 Å². The van der Waals surface area contributed by atoms with Gasteiger partial charge in [-0.25, -0.2) is 9.36 Å². The van der Waals surface area contributed by atoms with Gasteiger partial charge >= 0.3 is 5.69 Å². The van der Waals surface area contributed by atoms with Gasteiger partial charge in [0.05, 0.1) is 16.6 Å². The molecule has 0 saturated heterocycles. The molecule has 29 heavy (non-hydrogen) atoms. The van der Waals surface area contributed by atoms with Crippen LogP contribution in [0.25, 0.3) is 16.6 Å². The number of benzene rings is 3. The summed E-state index contributed by atoms with van der Waals surface area (Å²) < 4.78 is 1.09. The maximum Gasteiger partial charge on any atom is 0.333 e. The smallest absolute Gasteiger partial charge is 0.333 e. The van der Waals surface area contributed by atoms with Gasteiger partial charge in [-0.2, -0.15) is 0 Å². The Bertz CT molecular complexity index is 1300. The average molecular weight is 385 g/mol. The highest BCUT2D eigenvalue weighted by atomic mass is 16.2. The molecule has 4 aromatic rings. The van der Waals surface area contributed by atoms with Crippen molar-refractivity contribution in [2.45, 2.75) is 13.5 Å². The predicted octanol–water partition coefficient (Wildman–Crippen LogP) is 2.92. The van der Waals surface area contributed by atoms with Gasteiger partial charge < -0.3 is 10.3 Å². The van der Waals surface area contributed by atoms with Crippen molar-refractivity contribution in [3.05, 3.63) is 110 Å². The van der Waals surface area contributed by atoms with E-state index in [1.807, 2.05) is 49.4 Å². The largest absolute Gasteiger partial charge is 0.348 e. The van der Waals surface area contributed by atoms with Crippen LogP contribution in [0.5, 0.6) is 0 Å². The maximum atomic E-state index is 12.9. The van der Waals surface area contributed by atoms with Crippen LogP contribution in [0.1, 0.15) is 21.5 Å². The molecular formula is C23H19N3O3. The average Bonchev–Trinajstić information content (AvgIpc) is 2.73. The molecule has 0 fully saturated rings. The van der Waals surface area contributed by atoms with Crippen LogP contribution >= 0.6 is 0 Å². The number of aromatic amines is 1. The number of fused-ring (bicyclic) bond motifs is 1. The molecule has 1 heterocycles. The highest BCUT2D eigenvalue weighted by molar-refractivity contribution is 5.97. The second-order valence-corrected chi connectivity index (χ2v) is 6.83. The van der Waals surface area contributed by atoms with Crippen molar-refractivity contribution >= 4 is 16.8 Å². The Morgan fingerprint density at radius 2 is 1.69 bits per heavy atom. The lowest BCUT2D eigenvalue weighted by Gasteiger charge is -2.09. The molecule has 0 bridgehead atoms. The molecule has 144 valence electrons. The molecule has 0 saturated carbocycles. The normalized spacial score (nSPS) is 10.8. The van der Waals surface area contributed by atoms with Gasteiger partial charge in [-0.3, -0.25) is 9.59 Å². The second kappa shape index (κ2) is 7.59. The Balaban J connectivity index is 1.67. The number of nitrogens with zero attached hydrogens (tertiary/aromatic N) is 1. The first-order valence-electron chi connectivity index (χ1n) is 9.21. The van der Waals surface area contributed by atoms with E-state index in [2.05, 4.69) is 10.3 Å². The summed E-state index contributed by atoms with van der Waals surface area (Å²) >= 11 is 0. The standard InChI is InChI=1S/C23H19N3O3/c1-15-7-10-18(11-8-15)26-22(28)19-12-9-17(13-20(19)25-23(26)29)21(27)24-14-16-5-3-2-4-6-16/h2-13H,14H2,1H3,(H,24,27)(H,25,29). The first-order valence-corrected chi connectivity index (χ1v) is 9.21. The number of nitrogens with one attached hydrogen (secondary N) is 2. The van der Waals surface area contributed by atoms with Crippen LogP contribution in [-0.2, 0) is 6.54 Å². The SMILES string of the molecule is Cc1ccc(-n2c(=O)[nH]c3cc(C(=O)NCc4ccccc4)ccc3c2=O)cc1. The van der Waals surface area contributed by atoms with Gasteiger partial charge in [0, 0.05) is 12.1 Å². The zero-order valence-electron chi connectivity index (χ0n) is 15.8. The Kier molecular flexibility index (Phi) is 4.83. The second-order valence-electron chi connectivity index (χ2n) is 6.83. The molecule has 0 atom stereocenters. The molecule has 6 heteroatoms. The zero-order chi connectivity index (χ0) is 20.4. The molecule has 1 aromatic heterocycles. The predicted molar refractivity (Wildman–Crippen MR) is 113 cm³/mol. The monoisotopic (exact) mass is 385 g/mol. The van der Waals surface area contributed by atoms with E-state index < -0.39 is 11.2 Å². The van der Waals surface area contributed by atoms with Gasteiger partial charge in [0.1, 0.15) is 0 Å². The summed E-state index contributed by atoms with van der Waals surface area (Å²) in [5, 5.41) is 3.18. The van der Waals surface area contributed by atoms with Crippen molar-refractivity contribution < 1.29 is 4.79 Å². The van der Waals surface area contributed by atoms with Crippen molar-refractivity contribution in [1.29, 1.82) is 0 Å². The number of rotatable bonds is 4. The Morgan fingerprint density at radius 3 is 2.41 bits per heavy atom. The van der Waals surface area contributed by atoms with Gasteiger partial charge in [0.2, 0.25) is 0 Å². The van der Waals surface area contributed by atoms with E-state index in [1.165, 1.54) is 6.07 Å². The molecule has 0 unspecified atom stereocenters. The number of aromatic nitrogens is 2. The number of hydrogen-bond acceptors (Lipinski definition) is 3. The number of carbonyl (C=O) groups excluding carboxylic acids is 1. The Hall–Kier alpha value is -3.93. The summed E-state index contributed by atoms with van der Waals surface area (Å²) in [7, 11) is 0. The van der Waals surface area contributed by atoms with Crippen LogP contribution in [0, 0.1) is 6.92 Å². The Labute approximate surface area is 166 Å². The van der Waals surface area contributed by atoms with Crippen molar-refractivity contribution in [3.8, 4) is 5.69 Å². The number of carbonyl (C=O) groups is 1. The fourth-order valence-corrected chi connectivity index (χ4v) is 3.17. The summed E-state index contributed by atoms with van der Waals surface area (Å²) in [5.41, 5.74) is 2.24. The van der Waals surface area contributed by atoms with Crippen LogP contribution < -0.4 is 16.6 Å². The van der Waals surface area contributed by atoms with E-state index in [1.54, 1.807) is 24.3 Å². The molecule has 3 aromatic carbocycles. The summed E-state index contributed by atoms with van der Waals surface area (Å²) in [4.78, 5) is 40.6. The minimum absolute atomic E-state index is 0.278. The van der Waals surface area contributed by atoms with Crippen molar-refractivity contribution in [3.63, 3.8) is 0 Å². The summed E-state index contributed by atoms with van der Waals surface area (Å²) in [6.07, 6.45) is 0. The molecule has 0 aliphatic carbocycles. The minimum atomic E-state index is -0.548. The number of hydrogen-bond donors (Lipinski definition) is 2. The highest BCUT2D eigenvalue weighted by Crippen LogP contribution is 2.12. The molecule has 0 radical (unpaired) electrons. The van der Waals surface area contributed by atoms with Gasteiger partial charge in [-0.05, 0) is 42.8 Å². The van der Waals surface area contributed by atoms with E-state index in [0.717, 1.165) is 15.7 Å². The molecule has 0 spiro atoms. The van der Waals surface area contributed by atoms with Crippen molar-refractivity contribution in [2.24, 2.45) is 0 Å². The fourth-order valence-electron chi connectivity index (χ4n) is 3.17. The summed E-state index contributed by atoms with van der Waals surface area (Å²) in [5.74, 6) is -0.278. The first kappa shape index (κ1) is 18.4. The van der Waals surface area contributed by atoms with Crippen molar-refractivity contribution in [2.75, 3.05) is 0 Å². The zero-order valence-corrected chi connectivity index (χ0v) is 15.8. The van der Waals surface area contributed by atoms with Crippen molar-refractivity contribution in [1.82, 2.24) is 14.9 Å². The summed E-state index contributed by atoms with van der Waals surface area (Å²) in [6, 6.07) is 21.4. The van der Waals surface area contributed by atoms with E-state index in [4.69, 9.17) is 0 Å². The van der Waals surface area contributed by atoms with E-state index in [0.29, 0.717) is 28.7 Å². The third-order valence-corrected chi connectivity index (χ3v) is 4.75. The van der Waals surface area contributed by atoms with E-state index in [-0.39, 0.29) is 5.91 Å². The molecule has 2 N–H and O–H groups in total. The minimum Gasteiger partial charge on any atom is -0.348 e. The van der Waals surface area contributed by atoms with Crippen LogP contribution in [0.3, 0.4) is 0 Å². The van der Waals surface area contributed by atoms with E-state index in [9.17, 15) is 14.4 Å². The lowest BCUT2D eigenvalue weighted by molar-refractivity contribution is 0.0951. The van der Waals surface area contributed by atoms with Crippen LogP contribution in [0.2, 0.25) is 0 Å². The molecule has 0 aliphatic heterocycles. The highest BCUT2D eigenvalue weighted by Gasteiger charge is 2.12. The topological polar surface area (TPSA) is 84.0 Å². The molecule has 0 aliphatic rings. The number of aryl methyl sites for hydroxylation is 1. The lowest BCUT2D eigenvalue weighted by Crippen LogP contribution is -2.33. The molecular weight excluding hydrogens is 366 g/mol. The van der Waals surface area contributed by atoms with Gasteiger partial charge in [0.15, 0.2) is 0 Å². The van der Waals surface area contributed by atoms with Crippen LogP contribution in [0.4, 0.5) is 0 Å². The fraction of sp³-hybridized carbons (Fsp3) is 0.0870. The van der Waals surface area contributed by atoms with Crippen LogP contribution in [0.15, 0.2) is 82.4 Å². The first-order chi connectivity index (χ1) is 14.0. The van der Waals surface area contributed by atoms with Gasteiger partial charge in [0.25, 0.3) is 11.5 Å². The molecule has 4 rings (SSSR count). The van der Waals surface area contributed by atoms with Gasteiger partial charge in [-0.15, -0.1) is 0 Å². The maximum absolute atomic E-state index is 12.9. The summed E-state index contributed by atoms with van der Waals surface area (Å²) in [6.45, 7) is 2.32. The lowest BCUT2D eigenvalue weighted by atomic mass is 10.1. The third kappa shape index (κ3) is 3.73. The van der Waals surface area contributed by atoms with E-state index >= 15 is 0 Å². The number of amides is 1. The van der Waals surface area contributed by atoms with Crippen LogP contribution in [-0.4, -0.2) is 15.5 Å². The molecule has 6 nitrogen and oxygen atoms in total. The number of H-pyrrole nitrogens is 1.